The fraction of sp³-hybridized carbons (Fsp3) is 0.444. The highest BCUT2D eigenvalue weighted by atomic mass is 32.2. The summed E-state index contributed by atoms with van der Waals surface area (Å²) in [4.78, 5) is 14.6. The monoisotopic (exact) mass is 377 g/mol. The molecule has 3 rings (SSSR count). The lowest BCUT2D eigenvalue weighted by Crippen LogP contribution is -2.50. The Kier molecular flexibility index (Phi) is 4.90. The fourth-order valence-corrected chi connectivity index (χ4v) is 4.61. The lowest BCUT2D eigenvalue weighted by Gasteiger charge is -2.34. The van der Waals surface area contributed by atoms with Gasteiger partial charge in [0.15, 0.2) is 0 Å². The maximum atomic E-state index is 12.9. The molecule has 0 saturated carbocycles. The van der Waals surface area contributed by atoms with Gasteiger partial charge in [0.1, 0.15) is 11.3 Å². The van der Waals surface area contributed by atoms with Crippen LogP contribution in [0.3, 0.4) is 0 Å². The van der Waals surface area contributed by atoms with Crippen molar-refractivity contribution in [3.05, 3.63) is 46.3 Å². The molecule has 140 valence electrons. The van der Waals surface area contributed by atoms with Crippen LogP contribution in [0.25, 0.3) is 0 Å². The van der Waals surface area contributed by atoms with Crippen LogP contribution in [-0.2, 0) is 10.0 Å². The Morgan fingerprint density at radius 1 is 1.04 bits per heavy atom. The highest BCUT2D eigenvalue weighted by Gasteiger charge is 2.32. The molecule has 8 heteroatoms. The zero-order chi connectivity index (χ0) is 19.1. The number of aromatic nitrogens is 1. The summed E-state index contributed by atoms with van der Waals surface area (Å²) in [6, 6.07) is 5.16. The molecule has 0 bridgehead atoms. The second-order valence-corrected chi connectivity index (χ2v) is 8.58. The Labute approximate surface area is 153 Å². The highest BCUT2D eigenvalue weighted by Crippen LogP contribution is 2.22. The quantitative estimate of drug-likeness (QED) is 0.817. The number of nitrogens with zero attached hydrogens (tertiary/aromatic N) is 3. The summed E-state index contributed by atoms with van der Waals surface area (Å²) in [7, 11) is -3.56. The first-order chi connectivity index (χ1) is 12.2. The largest absolute Gasteiger partial charge is 0.361 e. The van der Waals surface area contributed by atoms with Crippen molar-refractivity contribution in [2.45, 2.75) is 32.6 Å². The van der Waals surface area contributed by atoms with E-state index < -0.39 is 10.0 Å². The molecule has 1 saturated heterocycles. The Morgan fingerprint density at radius 2 is 1.69 bits per heavy atom. The third-order valence-electron chi connectivity index (χ3n) is 4.89. The Bertz CT molecular complexity index is 922. The number of amides is 1. The number of hydrogen-bond acceptors (Lipinski definition) is 5. The lowest BCUT2D eigenvalue weighted by atomic mass is 10.1. The van der Waals surface area contributed by atoms with Crippen LogP contribution < -0.4 is 0 Å². The molecule has 26 heavy (non-hydrogen) atoms. The van der Waals surface area contributed by atoms with Crippen molar-refractivity contribution in [1.29, 1.82) is 0 Å². The van der Waals surface area contributed by atoms with E-state index >= 15 is 0 Å². The van der Waals surface area contributed by atoms with Gasteiger partial charge in [-0.3, -0.25) is 4.79 Å². The van der Waals surface area contributed by atoms with Crippen LogP contribution in [0.1, 0.15) is 32.9 Å². The smallest absolute Gasteiger partial charge is 0.259 e. The first-order valence-electron chi connectivity index (χ1n) is 8.51. The molecule has 2 heterocycles. The van der Waals surface area contributed by atoms with E-state index in [0.717, 1.165) is 11.1 Å². The summed E-state index contributed by atoms with van der Waals surface area (Å²) >= 11 is 0. The van der Waals surface area contributed by atoms with E-state index in [9.17, 15) is 13.2 Å². The molecule has 1 aromatic heterocycles. The third-order valence-corrected chi connectivity index (χ3v) is 6.78. The maximum Gasteiger partial charge on any atom is 0.259 e. The SMILES string of the molecule is Cc1ccc(S(=O)(=O)N2CCN(C(=O)c3c(C)noc3C)CC2)cc1C. The van der Waals surface area contributed by atoms with Crippen LogP contribution in [0.5, 0.6) is 0 Å². The second kappa shape index (κ2) is 6.85. The zero-order valence-electron chi connectivity index (χ0n) is 15.4. The van der Waals surface area contributed by atoms with Gasteiger partial charge in [-0.2, -0.15) is 4.31 Å². The van der Waals surface area contributed by atoms with Crippen molar-refractivity contribution < 1.29 is 17.7 Å². The first-order valence-corrected chi connectivity index (χ1v) is 9.95. The molecule has 0 N–H and O–H groups in total. The van der Waals surface area contributed by atoms with Crippen molar-refractivity contribution in [2.24, 2.45) is 0 Å². The van der Waals surface area contributed by atoms with Crippen LogP contribution in [0.4, 0.5) is 0 Å². The third kappa shape index (κ3) is 3.26. The molecule has 7 nitrogen and oxygen atoms in total. The normalized spacial score (nSPS) is 16.1. The highest BCUT2D eigenvalue weighted by molar-refractivity contribution is 7.89. The van der Waals surface area contributed by atoms with Gasteiger partial charge >= 0.3 is 0 Å². The van der Waals surface area contributed by atoms with Crippen molar-refractivity contribution in [3.8, 4) is 0 Å². The van der Waals surface area contributed by atoms with E-state index in [2.05, 4.69) is 5.16 Å². The number of carbonyl (C=O) groups is 1. The molecule has 0 spiro atoms. The minimum atomic E-state index is -3.56. The van der Waals surface area contributed by atoms with Gasteiger partial charge in [-0.25, -0.2) is 8.42 Å². The summed E-state index contributed by atoms with van der Waals surface area (Å²) in [6.07, 6.45) is 0. The summed E-state index contributed by atoms with van der Waals surface area (Å²) in [6.45, 7) is 8.49. The van der Waals surface area contributed by atoms with Gasteiger partial charge in [0.05, 0.1) is 10.6 Å². The van der Waals surface area contributed by atoms with Crippen LogP contribution >= 0.6 is 0 Å². The minimum absolute atomic E-state index is 0.163. The molecular formula is C18H23N3O4S. The summed E-state index contributed by atoms with van der Waals surface area (Å²) in [5.74, 6) is 0.321. The van der Waals surface area contributed by atoms with E-state index in [0.29, 0.717) is 35.0 Å². The topological polar surface area (TPSA) is 83.7 Å². The van der Waals surface area contributed by atoms with Gasteiger partial charge in [0.2, 0.25) is 10.0 Å². The minimum Gasteiger partial charge on any atom is -0.361 e. The molecule has 0 radical (unpaired) electrons. The summed E-state index contributed by atoms with van der Waals surface area (Å²) in [5.41, 5.74) is 3.02. The number of rotatable bonds is 3. The summed E-state index contributed by atoms with van der Waals surface area (Å²) in [5, 5.41) is 3.81. The predicted molar refractivity (Wildman–Crippen MR) is 96.6 cm³/mol. The van der Waals surface area contributed by atoms with E-state index in [-0.39, 0.29) is 19.0 Å². The first kappa shape index (κ1) is 18.6. The van der Waals surface area contributed by atoms with Gasteiger partial charge in [-0.05, 0) is 51.0 Å². The van der Waals surface area contributed by atoms with Crippen molar-refractivity contribution in [1.82, 2.24) is 14.4 Å². The zero-order valence-corrected chi connectivity index (χ0v) is 16.3. The van der Waals surface area contributed by atoms with Gasteiger partial charge in [0.25, 0.3) is 5.91 Å². The molecule has 0 aliphatic carbocycles. The van der Waals surface area contributed by atoms with Crippen molar-refractivity contribution in [3.63, 3.8) is 0 Å². The Hall–Kier alpha value is -2.19. The number of benzene rings is 1. The van der Waals surface area contributed by atoms with Gasteiger partial charge in [-0.15, -0.1) is 0 Å². The molecule has 1 fully saturated rings. The van der Waals surface area contributed by atoms with Crippen LogP contribution in [0.15, 0.2) is 27.6 Å². The molecule has 0 unspecified atom stereocenters. The number of piperazine rings is 1. The molecule has 1 amide bonds. The van der Waals surface area contributed by atoms with Crippen molar-refractivity contribution >= 4 is 15.9 Å². The van der Waals surface area contributed by atoms with Gasteiger partial charge < -0.3 is 9.42 Å². The summed E-state index contributed by atoms with van der Waals surface area (Å²) < 4.78 is 32.2. The maximum absolute atomic E-state index is 12.9. The number of carbonyl (C=O) groups excluding carboxylic acids is 1. The molecule has 2 aromatic rings. The molecule has 1 aromatic carbocycles. The molecule has 1 aliphatic rings. The number of aryl methyl sites for hydroxylation is 4. The molecular weight excluding hydrogens is 354 g/mol. The van der Waals surface area contributed by atoms with Crippen LogP contribution in [0.2, 0.25) is 0 Å². The Morgan fingerprint density at radius 3 is 2.23 bits per heavy atom. The lowest BCUT2D eigenvalue weighted by molar-refractivity contribution is 0.0695. The predicted octanol–water partition coefficient (Wildman–Crippen LogP) is 2.05. The van der Waals surface area contributed by atoms with Crippen LogP contribution in [0, 0.1) is 27.7 Å². The van der Waals surface area contributed by atoms with E-state index in [4.69, 9.17) is 4.52 Å². The second-order valence-electron chi connectivity index (χ2n) is 6.64. The Balaban J connectivity index is 1.73. The van der Waals surface area contributed by atoms with E-state index in [1.807, 2.05) is 19.9 Å². The molecule has 1 aliphatic heterocycles. The fourth-order valence-electron chi connectivity index (χ4n) is 3.10. The molecule has 0 atom stereocenters. The van der Waals surface area contributed by atoms with Gasteiger partial charge in [0, 0.05) is 26.2 Å². The van der Waals surface area contributed by atoms with Crippen molar-refractivity contribution in [2.75, 3.05) is 26.2 Å². The standard InChI is InChI=1S/C18H23N3O4S/c1-12-5-6-16(11-13(12)2)26(23,24)21-9-7-20(8-10-21)18(22)17-14(3)19-25-15(17)4/h5-6,11H,7-10H2,1-4H3. The number of hydrogen-bond donors (Lipinski definition) is 0. The average molecular weight is 377 g/mol. The van der Waals surface area contributed by atoms with E-state index in [1.165, 1.54) is 4.31 Å². The van der Waals surface area contributed by atoms with Gasteiger partial charge in [-0.1, -0.05) is 11.2 Å². The number of sulfonamides is 1. The van der Waals surface area contributed by atoms with Crippen LogP contribution in [-0.4, -0.2) is 54.9 Å². The van der Waals surface area contributed by atoms with E-state index in [1.54, 1.807) is 30.9 Å². The average Bonchev–Trinajstić information content (AvgIpc) is 2.95.